The average Bonchev–Trinajstić information content (AvgIpc) is 3.41. The molecule has 150 valence electrons. The van der Waals surface area contributed by atoms with Crippen LogP contribution in [0.2, 0.25) is 0 Å². The third kappa shape index (κ3) is 3.47. The Morgan fingerprint density at radius 3 is 2.72 bits per heavy atom. The fourth-order valence-corrected chi connectivity index (χ4v) is 4.64. The number of imidazole rings is 1. The van der Waals surface area contributed by atoms with Crippen molar-refractivity contribution in [2.45, 2.75) is 6.42 Å². The zero-order valence-corrected chi connectivity index (χ0v) is 18.0. The van der Waals surface area contributed by atoms with Crippen LogP contribution in [0.4, 0.5) is 11.8 Å². The summed E-state index contributed by atoms with van der Waals surface area (Å²) in [5.74, 6) is 1.74. The lowest BCUT2D eigenvalue weighted by molar-refractivity contribution is 0.122. The molecule has 0 aromatic carbocycles. The van der Waals surface area contributed by atoms with Gasteiger partial charge in [-0.2, -0.15) is 15.1 Å². The first-order valence-electron chi connectivity index (χ1n) is 9.05. The van der Waals surface area contributed by atoms with Gasteiger partial charge in [0.1, 0.15) is 10.8 Å². The van der Waals surface area contributed by atoms with Crippen LogP contribution in [0, 0.1) is 0 Å². The standard InChI is InChI=1S/C17H18BrN9OS/c1-25-9-10(7-21-25)27-12(6-13-20-8-11(18)29-13)22-14-15(19)23-17(24-16(14)27)26-2-4-28-5-3-26/h7-9H,2-6H2,1H3,(H2,19,23,24). The van der Waals surface area contributed by atoms with Gasteiger partial charge in [-0.15, -0.1) is 11.3 Å². The van der Waals surface area contributed by atoms with Gasteiger partial charge in [0.25, 0.3) is 0 Å². The summed E-state index contributed by atoms with van der Waals surface area (Å²) >= 11 is 5.04. The van der Waals surface area contributed by atoms with E-state index in [0.717, 1.165) is 33.4 Å². The minimum absolute atomic E-state index is 0.362. The Balaban J connectivity index is 1.68. The highest BCUT2D eigenvalue weighted by Gasteiger charge is 2.22. The number of ether oxygens (including phenoxy) is 1. The van der Waals surface area contributed by atoms with Crippen LogP contribution in [0.5, 0.6) is 0 Å². The van der Waals surface area contributed by atoms with Gasteiger partial charge in [-0.3, -0.25) is 9.25 Å². The van der Waals surface area contributed by atoms with Gasteiger partial charge in [-0.1, -0.05) is 0 Å². The number of aromatic nitrogens is 7. The zero-order chi connectivity index (χ0) is 20.0. The van der Waals surface area contributed by atoms with E-state index in [2.05, 4.69) is 35.9 Å². The largest absolute Gasteiger partial charge is 0.382 e. The van der Waals surface area contributed by atoms with Gasteiger partial charge in [0, 0.05) is 26.3 Å². The van der Waals surface area contributed by atoms with Crippen LogP contribution < -0.4 is 10.6 Å². The van der Waals surface area contributed by atoms with Crippen molar-refractivity contribution in [3.8, 4) is 5.69 Å². The highest BCUT2D eigenvalue weighted by Crippen LogP contribution is 2.28. The molecule has 0 amide bonds. The Kier molecular flexibility index (Phi) is 4.68. The second-order valence-electron chi connectivity index (χ2n) is 6.65. The predicted molar refractivity (Wildman–Crippen MR) is 113 cm³/mol. The van der Waals surface area contributed by atoms with Crippen LogP contribution in [0.15, 0.2) is 22.4 Å². The Hall–Kier alpha value is -2.57. The number of nitrogen functional groups attached to an aromatic ring is 1. The molecule has 0 atom stereocenters. The summed E-state index contributed by atoms with van der Waals surface area (Å²) in [5.41, 5.74) is 8.41. The van der Waals surface area contributed by atoms with Crippen molar-refractivity contribution < 1.29 is 4.74 Å². The van der Waals surface area contributed by atoms with Crippen molar-refractivity contribution in [3.63, 3.8) is 0 Å². The number of hydrogen-bond donors (Lipinski definition) is 1. The van der Waals surface area contributed by atoms with E-state index in [1.807, 2.05) is 17.8 Å². The highest BCUT2D eigenvalue weighted by molar-refractivity contribution is 9.11. The fraction of sp³-hybridized carbons (Fsp3) is 0.353. The van der Waals surface area contributed by atoms with E-state index in [1.54, 1.807) is 28.4 Å². The molecule has 5 heterocycles. The number of anilines is 2. The van der Waals surface area contributed by atoms with Crippen molar-refractivity contribution in [3.05, 3.63) is 33.2 Å². The minimum atomic E-state index is 0.362. The van der Waals surface area contributed by atoms with E-state index < -0.39 is 0 Å². The van der Waals surface area contributed by atoms with Gasteiger partial charge in [-0.05, 0) is 15.9 Å². The monoisotopic (exact) mass is 475 g/mol. The maximum Gasteiger partial charge on any atom is 0.229 e. The van der Waals surface area contributed by atoms with Crippen molar-refractivity contribution in [2.24, 2.45) is 7.05 Å². The van der Waals surface area contributed by atoms with E-state index in [0.29, 0.717) is 42.6 Å². The maximum atomic E-state index is 6.30. The molecule has 1 fully saturated rings. The summed E-state index contributed by atoms with van der Waals surface area (Å²) in [6.07, 6.45) is 6.06. The summed E-state index contributed by atoms with van der Waals surface area (Å²) in [6.45, 7) is 2.75. The molecule has 4 aromatic heterocycles. The molecule has 4 aromatic rings. The molecule has 0 aliphatic carbocycles. The number of morpholine rings is 1. The van der Waals surface area contributed by atoms with E-state index >= 15 is 0 Å². The summed E-state index contributed by atoms with van der Waals surface area (Å²) in [6, 6.07) is 0. The first-order valence-corrected chi connectivity index (χ1v) is 10.7. The first-order chi connectivity index (χ1) is 14.1. The second-order valence-corrected chi connectivity index (χ2v) is 9.15. The second kappa shape index (κ2) is 7.35. The van der Waals surface area contributed by atoms with E-state index in [9.17, 15) is 0 Å². The minimum Gasteiger partial charge on any atom is -0.382 e. The molecule has 0 unspecified atom stereocenters. The molecule has 1 saturated heterocycles. The third-order valence-corrected chi connectivity index (χ3v) is 6.15. The van der Waals surface area contributed by atoms with Crippen LogP contribution >= 0.6 is 27.3 Å². The Morgan fingerprint density at radius 1 is 1.21 bits per heavy atom. The molecule has 2 N–H and O–H groups in total. The number of halogens is 1. The Labute approximate surface area is 178 Å². The smallest absolute Gasteiger partial charge is 0.229 e. The van der Waals surface area contributed by atoms with E-state index in [4.69, 9.17) is 20.4 Å². The number of nitrogens with two attached hydrogens (primary N) is 1. The van der Waals surface area contributed by atoms with Crippen molar-refractivity contribution >= 4 is 50.2 Å². The van der Waals surface area contributed by atoms with Gasteiger partial charge >= 0.3 is 0 Å². The molecule has 5 rings (SSSR count). The summed E-state index contributed by atoms with van der Waals surface area (Å²) in [7, 11) is 1.88. The Bertz CT molecular complexity index is 1180. The Morgan fingerprint density at radius 2 is 2.03 bits per heavy atom. The van der Waals surface area contributed by atoms with Gasteiger partial charge in [0.2, 0.25) is 5.95 Å². The quantitative estimate of drug-likeness (QED) is 0.475. The van der Waals surface area contributed by atoms with Gasteiger partial charge < -0.3 is 15.4 Å². The molecular formula is C17H18BrN9OS. The lowest BCUT2D eigenvalue weighted by atomic mass is 10.4. The van der Waals surface area contributed by atoms with Crippen molar-refractivity contribution in [1.82, 2.24) is 34.3 Å². The van der Waals surface area contributed by atoms with Crippen LogP contribution in [-0.4, -0.2) is 60.6 Å². The van der Waals surface area contributed by atoms with Crippen LogP contribution in [0.25, 0.3) is 16.9 Å². The maximum absolute atomic E-state index is 6.30. The molecule has 1 aliphatic heterocycles. The lowest BCUT2D eigenvalue weighted by Crippen LogP contribution is -2.37. The molecule has 1 aliphatic rings. The number of nitrogens with zero attached hydrogens (tertiary/aromatic N) is 8. The summed E-state index contributed by atoms with van der Waals surface area (Å²) in [5, 5.41) is 5.25. The third-order valence-electron chi connectivity index (χ3n) is 4.67. The summed E-state index contributed by atoms with van der Waals surface area (Å²) < 4.78 is 10.2. The molecular weight excluding hydrogens is 458 g/mol. The zero-order valence-electron chi connectivity index (χ0n) is 15.6. The highest BCUT2D eigenvalue weighted by atomic mass is 79.9. The number of thiazole rings is 1. The fourth-order valence-electron chi connectivity index (χ4n) is 3.34. The first kappa shape index (κ1) is 18.5. The average molecular weight is 476 g/mol. The van der Waals surface area contributed by atoms with Gasteiger partial charge in [-0.25, -0.2) is 9.97 Å². The van der Waals surface area contributed by atoms with Crippen molar-refractivity contribution in [1.29, 1.82) is 0 Å². The SMILES string of the molecule is Cn1cc(-n2c(Cc3ncc(Br)s3)nc3c(N)nc(N4CCOCC4)nc32)cn1. The normalized spacial score (nSPS) is 14.8. The van der Waals surface area contributed by atoms with Crippen LogP contribution in [-0.2, 0) is 18.2 Å². The number of rotatable bonds is 4. The van der Waals surface area contributed by atoms with Crippen molar-refractivity contribution in [2.75, 3.05) is 36.9 Å². The van der Waals surface area contributed by atoms with Gasteiger partial charge in [0.15, 0.2) is 17.0 Å². The van der Waals surface area contributed by atoms with E-state index in [-0.39, 0.29) is 0 Å². The molecule has 29 heavy (non-hydrogen) atoms. The molecule has 0 radical (unpaired) electrons. The molecule has 0 saturated carbocycles. The molecule has 0 spiro atoms. The summed E-state index contributed by atoms with van der Waals surface area (Å²) in [4.78, 5) is 20.6. The number of fused-ring (bicyclic) bond motifs is 1. The molecule has 10 nitrogen and oxygen atoms in total. The molecule has 0 bridgehead atoms. The number of hydrogen-bond acceptors (Lipinski definition) is 9. The lowest BCUT2D eigenvalue weighted by Gasteiger charge is -2.26. The van der Waals surface area contributed by atoms with Gasteiger partial charge in [0.05, 0.1) is 41.5 Å². The van der Waals surface area contributed by atoms with Crippen LogP contribution in [0.3, 0.4) is 0 Å². The van der Waals surface area contributed by atoms with E-state index in [1.165, 1.54) is 0 Å². The number of aryl methyl sites for hydroxylation is 1. The van der Waals surface area contributed by atoms with Crippen LogP contribution in [0.1, 0.15) is 10.8 Å². The predicted octanol–water partition coefficient (Wildman–Crippen LogP) is 1.78. The topological polar surface area (TPSA) is 113 Å². The molecule has 12 heteroatoms.